The Morgan fingerprint density at radius 3 is 2.89 bits per heavy atom. The number of nitrogen functional groups attached to an aromatic ring is 1. The fourth-order valence-corrected chi connectivity index (χ4v) is 2.60. The van der Waals surface area contributed by atoms with Gasteiger partial charge in [-0.05, 0) is 44.1 Å². The lowest BCUT2D eigenvalue weighted by Gasteiger charge is -2.22. The summed E-state index contributed by atoms with van der Waals surface area (Å²) in [6, 6.07) is 0. The van der Waals surface area contributed by atoms with E-state index < -0.39 is 0 Å². The number of rotatable bonds is 5. The molecule has 2 rings (SSSR count). The second-order valence-electron chi connectivity index (χ2n) is 4.83. The van der Waals surface area contributed by atoms with Crippen LogP contribution in [0.4, 0.5) is 10.8 Å². The molecular formula is C12H21N3O2S. The summed E-state index contributed by atoms with van der Waals surface area (Å²) in [5.41, 5.74) is 5.81. The highest BCUT2D eigenvalue weighted by Crippen LogP contribution is 2.36. The van der Waals surface area contributed by atoms with E-state index in [1.165, 1.54) is 11.5 Å². The third-order valence-corrected chi connectivity index (χ3v) is 3.72. The average Bonchev–Trinajstić information content (AvgIpc) is 2.69. The van der Waals surface area contributed by atoms with Crippen molar-refractivity contribution >= 4 is 22.4 Å². The largest absolute Gasteiger partial charge is 0.484 e. The summed E-state index contributed by atoms with van der Waals surface area (Å²) >= 11 is 1.36. The monoisotopic (exact) mass is 271 g/mol. The molecule has 0 aliphatic carbocycles. The highest BCUT2D eigenvalue weighted by molar-refractivity contribution is 7.11. The lowest BCUT2D eigenvalue weighted by molar-refractivity contribution is 0.0699. The van der Waals surface area contributed by atoms with Crippen LogP contribution in [0.5, 0.6) is 5.75 Å². The van der Waals surface area contributed by atoms with Crippen molar-refractivity contribution in [1.82, 2.24) is 4.37 Å². The lowest BCUT2D eigenvalue weighted by Crippen LogP contribution is -2.22. The molecule has 18 heavy (non-hydrogen) atoms. The fourth-order valence-electron chi connectivity index (χ4n) is 1.94. The molecular weight excluding hydrogens is 250 g/mol. The van der Waals surface area contributed by atoms with Crippen molar-refractivity contribution in [2.24, 2.45) is 5.92 Å². The topological polar surface area (TPSA) is 69.4 Å². The zero-order valence-electron chi connectivity index (χ0n) is 10.9. The molecule has 0 bridgehead atoms. The molecule has 0 saturated carbocycles. The molecule has 1 fully saturated rings. The molecule has 0 spiro atoms. The molecule has 2 heterocycles. The second kappa shape index (κ2) is 6.24. The van der Waals surface area contributed by atoms with Crippen molar-refractivity contribution in [3.05, 3.63) is 0 Å². The molecule has 6 heteroatoms. The van der Waals surface area contributed by atoms with Crippen molar-refractivity contribution in [2.75, 3.05) is 30.8 Å². The van der Waals surface area contributed by atoms with Gasteiger partial charge in [-0.3, -0.25) is 0 Å². The number of hydrogen-bond acceptors (Lipinski definition) is 6. The van der Waals surface area contributed by atoms with E-state index in [0.29, 0.717) is 17.5 Å². The quantitative estimate of drug-likeness (QED) is 0.860. The molecule has 5 nitrogen and oxygen atoms in total. The first kappa shape index (κ1) is 13.4. The molecule has 0 radical (unpaired) electrons. The van der Waals surface area contributed by atoms with Crippen LogP contribution in [0.25, 0.3) is 0 Å². The number of nitrogens with two attached hydrogens (primary N) is 1. The first-order chi connectivity index (χ1) is 8.66. The maximum absolute atomic E-state index is 5.81. The Hall–Kier alpha value is -1.01. The molecule has 1 aromatic heterocycles. The van der Waals surface area contributed by atoms with Crippen molar-refractivity contribution in [1.29, 1.82) is 0 Å². The molecule has 1 saturated heterocycles. The number of aromatic nitrogens is 1. The van der Waals surface area contributed by atoms with Gasteiger partial charge in [0.25, 0.3) is 0 Å². The Bertz CT molecular complexity index is 375. The highest BCUT2D eigenvalue weighted by atomic mass is 32.1. The van der Waals surface area contributed by atoms with Crippen molar-refractivity contribution in [3.63, 3.8) is 0 Å². The summed E-state index contributed by atoms with van der Waals surface area (Å²) in [6.07, 6.45) is 2.33. The van der Waals surface area contributed by atoms with E-state index in [2.05, 4.69) is 9.69 Å². The molecule has 102 valence electrons. The molecule has 0 amide bonds. The minimum absolute atomic E-state index is 0.104. The number of ether oxygens (including phenoxy) is 2. The minimum atomic E-state index is 0.104. The predicted octanol–water partition coefficient (Wildman–Crippen LogP) is 2.35. The molecule has 1 aromatic rings. The van der Waals surface area contributed by atoms with Crippen LogP contribution in [-0.4, -0.2) is 30.2 Å². The molecule has 0 atom stereocenters. The number of hydrogen-bond donors (Lipinski definition) is 2. The van der Waals surface area contributed by atoms with Crippen molar-refractivity contribution in [3.8, 4) is 5.75 Å². The normalized spacial score (nSPS) is 17.1. The van der Waals surface area contributed by atoms with Crippen LogP contribution in [0.2, 0.25) is 0 Å². The van der Waals surface area contributed by atoms with Crippen LogP contribution in [0.3, 0.4) is 0 Å². The summed E-state index contributed by atoms with van der Waals surface area (Å²) in [6.45, 7) is 6.64. The Labute approximate surface area is 112 Å². The third-order valence-electron chi connectivity index (χ3n) is 2.92. The van der Waals surface area contributed by atoms with Gasteiger partial charge in [-0.2, -0.15) is 4.37 Å². The van der Waals surface area contributed by atoms with Gasteiger partial charge in [0, 0.05) is 19.8 Å². The van der Waals surface area contributed by atoms with Crippen LogP contribution < -0.4 is 15.8 Å². The van der Waals surface area contributed by atoms with Gasteiger partial charge in [0.1, 0.15) is 0 Å². The van der Waals surface area contributed by atoms with E-state index in [0.717, 1.165) is 37.6 Å². The Kier molecular flexibility index (Phi) is 4.66. The van der Waals surface area contributed by atoms with E-state index in [4.69, 9.17) is 15.2 Å². The van der Waals surface area contributed by atoms with Crippen LogP contribution >= 0.6 is 11.5 Å². The van der Waals surface area contributed by atoms with Gasteiger partial charge in [0.05, 0.1) is 6.10 Å². The van der Waals surface area contributed by atoms with Gasteiger partial charge in [0.2, 0.25) is 0 Å². The summed E-state index contributed by atoms with van der Waals surface area (Å²) in [5.74, 6) is 1.83. The first-order valence-corrected chi connectivity index (χ1v) is 7.17. The Morgan fingerprint density at radius 1 is 1.50 bits per heavy atom. The first-order valence-electron chi connectivity index (χ1n) is 6.40. The second-order valence-corrected chi connectivity index (χ2v) is 5.60. The van der Waals surface area contributed by atoms with Crippen LogP contribution in [0, 0.1) is 5.92 Å². The van der Waals surface area contributed by atoms with Crippen molar-refractivity contribution in [2.45, 2.75) is 32.8 Å². The van der Waals surface area contributed by atoms with Crippen LogP contribution in [0.1, 0.15) is 26.7 Å². The van der Waals surface area contributed by atoms with E-state index in [1.54, 1.807) is 0 Å². The average molecular weight is 271 g/mol. The number of anilines is 2. The smallest absolute Gasteiger partial charge is 0.197 e. The minimum Gasteiger partial charge on any atom is -0.484 e. The molecule has 0 unspecified atom stereocenters. The van der Waals surface area contributed by atoms with Gasteiger partial charge in [-0.1, -0.05) is 0 Å². The molecule has 0 aromatic carbocycles. The Morgan fingerprint density at radius 2 is 2.22 bits per heavy atom. The van der Waals surface area contributed by atoms with E-state index in [-0.39, 0.29) is 6.10 Å². The molecule has 1 aliphatic heterocycles. The maximum atomic E-state index is 5.81. The SMILES string of the molecule is CC(C)Oc1c(N)nsc1NCC1CCOCC1. The van der Waals surface area contributed by atoms with E-state index >= 15 is 0 Å². The van der Waals surface area contributed by atoms with Crippen LogP contribution in [-0.2, 0) is 4.74 Å². The fraction of sp³-hybridized carbons (Fsp3) is 0.750. The zero-order valence-corrected chi connectivity index (χ0v) is 11.8. The number of nitrogens with one attached hydrogen (secondary N) is 1. The molecule has 3 N–H and O–H groups in total. The number of nitrogens with zero attached hydrogens (tertiary/aromatic N) is 1. The maximum Gasteiger partial charge on any atom is 0.197 e. The zero-order chi connectivity index (χ0) is 13.0. The van der Waals surface area contributed by atoms with E-state index in [9.17, 15) is 0 Å². The Balaban J connectivity index is 1.91. The van der Waals surface area contributed by atoms with Crippen LogP contribution in [0.15, 0.2) is 0 Å². The highest BCUT2D eigenvalue weighted by Gasteiger charge is 2.17. The summed E-state index contributed by atoms with van der Waals surface area (Å²) in [4.78, 5) is 0. The van der Waals surface area contributed by atoms with Gasteiger partial charge in [-0.25, -0.2) is 0 Å². The van der Waals surface area contributed by atoms with Gasteiger partial charge in [0.15, 0.2) is 16.6 Å². The summed E-state index contributed by atoms with van der Waals surface area (Å²) < 4.78 is 15.2. The molecule has 1 aliphatic rings. The third kappa shape index (κ3) is 3.49. The van der Waals surface area contributed by atoms with Gasteiger partial charge >= 0.3 is 0 Å². The van der Waals surface area contributed by atoms with E-state index in [1.807, 2.05) is 13.8 Å². The predicted molar refractivity (Wildman–Crippen MR) is 74.3 cm³/mol. The van der Waals surface area contributed by atoms with Gasteiger partial charge < -0.3 is 20.5 Å². The summed E-state index contributed by atoms with van der Waals surface area (Å²) in [7, 11) is 0. The standard InChI is InChI=1S/C12H21N3O2S/c1-8(2)17-10-11(13)15-18-12(10)14-7-9-3-5-16-6-4-9/h8-9,14H,3-7H2,1-2H3,(H2,13,15). The summed E-state index contributed by atoms with van der Waals surface area (Å²) in [5, 5.41) is 4.34. The lowest BCUT2D eigenvalue weighted by atomic mass is 10.0. The van der Waals surface area contributed by atoms with Crippen molar-refractivity contribution < 1.29 is 9.47 Å². The van der Waals surface area contributed by atoms with Gasteiger partial charge in [-0.15, -0.1) is 0 Å².